The first-order valence-electron chi connectivity index (χ1n) is 7.50. The standard InChI is InChI=1S/C16H27ClN2O/c1-3-10-18-13-14-15(17)8-7-9-16(14)19(2)11-5-4-6-12-20/h7-9,18,20H,3-6,10-13H2,1-2H3. The van der Waals surface area contributed by atoms with E-state index in [4.69, 9.17) is 16.7 Å². The van der Waals surface area contributed by atoms with Gasteiger partial charge in [0.1, 0.15) is 0 Å². The largest absolute Gasteiger partial charge is 0.396 e. The Morgan fingerprint density at radius 1 is 1.25 bits per heavy atom. The molecule has 2 N–H and O–H groups in total. The first-order chi connectivity index (χ1) is 9.70. The highest BCUT2D eigenvalue weighted by atomic mass is 35.5. The molecule has 0 saturated heterocycles. The minimum atomic E-state index is 0.285. The van der Waals surface area contributed by atoms with E-state index >= 15 is 0 Å². The summed E-state index contributed by atoms with van der Waals surface area (Å²) < 4.78 is 0. The van der Waals surface area contributed by atoms with Gasteiger partial charge in [-0.25, -0.2) is 0 Å². The van der Waals surface area contributed by atoms with E-state index in [9.17, 15) is 0 Å². The van der Waals surface area contributed by atoms with Crippen LogP contribution in [-0.2, 0) is 6.54 Å². The van der Waals surface area contributed by atoms with Gasteiger partial charge >= 0.3 is 0 Å². The molecule has 0 radical (unpaired) electrons. The van der Waals surface area contributed by atoms with Gasteiger partial charge in [-0.2, -0.15) is 0 Å². The lowest BCUT2D eigenvalue weighted by molar-refractivity contribution is 0.283. The molecule has 0 aromatic heterocycles. The number of unbranched alkanes of at least 4 members (excludes halogenated alkanes) is 2. The summed E-state index contributed by atoms with van der Waals surface area (Å²) in [5.41, 5.74) is 2.37. The van der Waals surface area contributed by atoms with Crippen molar-refractivity contribution in [1.29, 1.82) is 0 Å². The fraction of sp³-hybridized carbons (Fsp3) is 0.625. The summed E-state index contributed by atoms with van der Waals surface area (Å²) in [6.07, 6.45) is 4.15. The fourth-order valence-corrected chi connectivity index (χ4v) is 2.46. The number of benzene rings is 1. The van der Waals surface area contributed by atoms with Crippen LogP contribution in [0.4, 0.5) is 5.69 Å². The maximum absolute atomic E-state index is 8.81. The predicted molar refractivity (Wildman–Crippen MR) is 87.7 cm³/mol. The van der Waals surface area contributed by atoms with Crippen LogP contribution in [0.25, 0.3) is 0 Å². The van der Waals surface area contributed by atoms with Crippen molar-refractivity contribution >= 4 is 17.3 Å². The second-order valence-corrected chi connectivity index (χ2v) is 5.53. The molecule has 1 aromatic carbocycles. The number of nitrogens with zero attached hydrogens (tertiary/aromatic N) is 1. The maximum atomic E-state index is 8.81. The molecule has 0 aliphatic carbocycles. The molecule has 114 valence electrons. The van der Waals surface area contributed by atoms with Crippen molar-refractivity contribution in [2.24, 2.45) is 0 Å². The Balaban J connectivity index is 2.64. The highest BCUT2D eigenvalue weighted by molar-refractivity contribution is 6.31. The Bertz CT molecular complexity index is 385. The molecule has 0 heterocycles. The maximum Gasteiger partial charge on any atom is 0.0471 e. The minimum Gasteiger partial charge on any atom is -0.396 e. The molecule has 0 bridgehead atoms. The second-order valence-electron chi connectivity index (χ2n) is 5.12. The molecule has 0 unspecified atom stereocenters. The number of hydrogen-bond donors (Lipinski definition) is 2. The monoisotopic (exact) mass is 298 g/mol. The van der Waals surface area contributed by atoms with Gasteiger partial charge in [-0.3, -0.25) is 0 Å². The van der Waals surface area contributed by atoms with Crippen LogP contribution in [0.5, 0.6) is 0 Å². The molecule has 20 heavy (non-hydrogen) atoms. The van der Waals surface area contributed by atoms with Crippen LogP contribution in [0.3, 0.4) is 0 Å². The lowest BCUT2D eigenvalue weighted by atomic mass is 10.1. The molecular weight excluding hydrogens is 272 g/mol. The molecule has 0 spiro atoms. The Morgan fingerprint density at radius 2 is 2.05 bits per heavy atom. The zero-order valence-electron chi connectivity index (χ0n) is 12.7. The van der Waals surface area contributed by atoms with Crippen LogP contribution >= 0.6 is 11.6 Å². The molecular formula is C16H27ClN2O. The van der Waals surface area contributed by atoms with E-state index in [0.29, 0.717) is 0 Å². The normalized spacial score (nSPS) is 10.8. The van der Waals surface area contributed by atoms with E-state index in [1.54, 1.807) is 0 Å². The molecule has 3 nitrogen and oxygen atoms in total. The molecule has 0 aliphatic rings. The van der Waals surface area contributed by atoms with Crippen molar-refractivity contribution in [1.82, 2.24) is 5.32 Å². The van der Waals surface area contributed by atoms with Crippen molar-refractivity contribution in [2.45, 2.75) is 39.2 Å². The third-order valence-electron chi connectivity index (χ3n) is 3.39. The summed E-state index contributed by atoms with van der Waals surface area (Å²) in [5, 5.41) is 13.1. The quantitative estimate of drug-likeness (QED) is 0.650. The minimum absolute atomic E-state index is 0.285. The zero-order chi connectivity index (χ0) is 14.8. The fourth-order valence-electron chi connectivity index (χ4n) is 2.23. The number of anilines is 1. The molecule has 0 saturated carbocycles. The van der Waals surface area contributed by atoms with Gasteiger partial charge in [-0.05, 0) is 44.4 Å². The van der Waals surface area contributed by atoms with E-state index in [-0.39, 0.29) is 6.61 Å². The Morgan fingerprint density at radius 3 is 2.75 bits per heavy atom. The van der Waals surface area contributed by atoms with Gasteiger partial charge < -0.3 is 15.3 Å². The molecule has 4 heteroatoms. The lowest BCUT2D eigenvalue weighted by Crippen LogP contribution is -2.22. The van der Waals surface area contributed by atoms with Gasteiger partial charge in [0.15, 0.2) is 0 Å². The van der Waals surface area contributed by atoms with Gasteiger partial charge in [-0.15, -0.1) is 0 Å². The van der Waals surface area contributed by atoms with Crippen molar-refractivity contribution in [3.05, 3.63) is 28.8 Å². The van der Waals surface area contributed by atoms with E-state index < -0.39 is 0 Å². The number of halogens is 1. The van der Waals surface area contributed by atoms with Gasteiger partial charge in [0.25, 0.3) is 0 Å². The molecule has 0 fully saturated rings. The summed E-state index contributed by atoms with van der Waals surface area (Å²) in [7, 11) is 2.11. The van der Waals surface area contributed by atoms with Crippen LogP contribution in [0.2, 0.25) is 5.02 Å². The van der Waals surface area contributed by atoms with Crippen molar-refractivity contribution in [3.63, 3.8) is 0 Å². The number of rotatable bonds is 10. The number of aliphatic hydroxyl groups excluding tert-OH is 1. The van der Waals surface area contributed by atoms with Crippen LogP contribution in [0, 0.1) is 0 Å². The molecule has 1 aromatic rings. The van der Waals surface area contributed by atoms with Crippen LogP contribution in [-0.4, -0.2) is 31.9 Å². The molecule has 1 rings (SSSR count). The van der Waals surface area contributed by atoms with Crippen molar-refractivity contribution in [2.75, 3.05) is 31.6 Å². The molecule has 0 atom stereocenters. The van der Waals surface area contributed by atoms with E-state index in [0.717, 1.165) is 50.3 Å². The Labute approximate surface area is 127 Å². The van der Waals surface area contributed by atoms with E-state index in [2.05, 4.69) is 30.3 Å². The number of hydrogen-bond acceptors (Lipinski definition) is 3. The number of aliphatic hydroxyl groups is 1. The van der Waals surface area contributed by atoms with E-state index in [1.807, 2.05) is 12.1 Å². The average Bonchev–Trinajstić information content (AvgIpc) is 2.45. The van der Waals surface area contributed by atoms with Gasteiger partial charge in [0, 0.05) is 43.0 Å². The van der Waals surface area contributed by atoms with Crippen molar-refractivity contribution in [3.8, 4) is 0 Å². The third kappa shape index (κ3) is 5.70. The van der Waals surface area contributed by atoms with Crippen LogP contribution in [0.15, 0.2) is 18.2 Å². The predicted octanol–water partition coefficient (Wildman–Crippen LogP) is 3.44. The summed E-state index contributed by atoms with van der Waals surface area (Å²) in [6.45, 7) is 5.25. The summed E-state index contributed by atoms with van der Waals surface area (Å²) in [4.78, 5) is 2.26. The number of nitrogens with one attached hydrogen (secondary N) is 1. The zero-order valence-corrected chi connectivity index (χ0v) is 13.4. The SMILES string of the molecule is CCCNCc1c(Cl)cccc1N(C)CCCCCO. The van der Waals surface area contributed by atoms with Crippen LogP contribution < -0.4 is 10.2 Å². The van der Waals surface area contributed by atoms with Crippen molar-refractivity contribution < 1.29 is 5.11 Å². The van der Waals surface area contributed by atoms with Crippen LogP contribution in [0.1, 0.15) is 38.2 Å². The average molecular weight is 299 g/mol. The van der Waals surface area contributed by atoms with Gasteiger partial charge in [0.2, 0.25) is 0 Å². The summed E-state index contributed by atoms with van der Waals surface area (Å²) in [5.74, 6) is 0. The highest BCUT2D eigenvalue weighted by Crippen LogP contribution is 2.27. The smallest absolute Gasteiger partial charge is 0.0471 e. The lowest BCUT2D eigenvalue weighted by Gasteiger charge is -2.23. The Kier molecular flexibility index (Phi) is 8.67. The second kappa shape index (κ2) is 10.0. The first-order valence-corrected chi connectivity index (χ1v) is 7.88. The third-order valence-corrected chi connectivity index (χ3v) is 3.74. The first kappa shape index (κ1) is 17.3. The van der Waals surface area contributed by atoms with E-state index in [1.165, 1.54) is 11.3 Å². The topological polar surface area (TPSA) is 35.5 Å². The summed E-state index contributed by atoms with van der Waals surface area (Å²) >= 11 is 6.34. The highest BCUT2D eigenvalue weighted by Gasteiger charge is 2.10. The molecule has 0 amide bonds. The molecule has 0 aliphatic heterocycles. The summed E-state index contributed by atoms with van der Waals surface area (Å²) in [6, 6.07) is 6.08. The Hall–Kier alpha value is -0.770. The van der Waals surface area contributed by atoms with Gasteiger partial charge in [0.05, 0.1) is 0 Å². The van der Waals surface area contributed by atoms with Gasteiger partial charge in [-0.1, -0.05) is 24.6 Å².